The first kappa shape index (κ1) is 12.2. The van der Waals surface area contributed by atoms with Crippen molar-refractivity contribution in [2.24, 2.45) is 5.92 Å². The highest BCUT2D eigenvalue weighted by atomic mass is 32.1. The zero-order valence-electron chi connectivity index (χ0n) is 7.23. The van der Waals surface area contributed by atoms with Gasteiger partial charge in [-0.3, -0.25) is 4.79 Å². The van der Waals surface area contributed by atoms with E-state index in [9.17, 15) is 9.59 Å². The topological polar surface area (TPSA) is 86.6 Å². The number of hydrogen-bond donors (Lipinski definition) is 4. The number of aliphatic hydroxyl groups excluding tert-OH is 1. The lowest BCUT2D eigenvalue weighted by atomic mass is 10.2. The summed E-state index contributed by atoms with van der Waals surface area (Å²) in [5.74, 6) is -1.70. The zero-order valence-corrected chi connectivity index (χ0v) is 8.12. The summed E-state index contributed by atoms with van der Waals surface area (Å²) >= 11 is 3.89. The van der Waals surface area contributed by atoms with Gasteiger partial charge in [-0.15, -0.1) is 0 Å². The van der Waals surface area contributed by atoms with Crippen molar-refractivity contribution in [3.63, 3.8) is 0 Å². The van der Waals surface area contributed by atoms with Crippen molar-refractivity contribution in [1.82, 2.24) is 5.32 Å². The first-order valence-corrected chi connectivity index (χ1v) is 4.41. The molecule has 2 unspecified atom stereocenters. The van der Waals surface area contributed by atoms with E-state index in [1.54, 1.807) is 6.92 Å². The van der Waals surface area contributed by atoms with Crippen molar-refractivity contribution in [3.05, 3.63) is 0 Å². The lowest BCUT2D eigenvalue weighted by molar-refractivity contribution is -0.143. The molecule has 5 nitrogen and oxygen atoms in total. The normalized spacial score (nSPS) is 14.7. The Morgan fingerprint density at radius 1 is 1.54 bits per heavy atom. The van der Waals surface area contributed by atoms with Crippen molar-refractivity contribution in [3.8, 4) is 0 Å². The van der Waals surface area contributed by atoms with Crippen LogP contribution in [-0.2, 0) is 9.59 Å². The van der Waals surface area contributed by atoms with Crippen LogP contribution in [0.5, 0.6) is 0 Å². The van der Waals surface area contributed by atoms with E-state index in [0.717, 1.165) is 0 Å². The molecule has 0 rings (SSSR count). The quantitative estimate of drug-likeness (QED) is 0.441. The number of rotatable bonds is 5. The van der Waals surface area contributed by atoms with Crippen LogP contribution >= 0.6 is 12.6 Å². The van der Waals surface area contributed by atoms with Crippen molar-refractivity contribution in [2.75, 3.05) is 12.4 Å². The summed E-state index contributed by atoms with van der Waals surface area (Å²) in [4.78, 5) is 21.5. The third kappa shape index (κ3) is 4.14. The molecule has 76 valence electrons. The molecule has 0 saturated carbocycles. The fourth-order valence-electron chi connectivity index (χ4n) is 0.582. The predicted molar refractivity (Wildman–Crippen MR) is 49.7 cm³/mol. The number of carboxylic acids is 1. The van der Waals surface area contributed by atoms with Crippen LogP contribution in [0.25, 0.3) is 0 Å². The van der Waals surface area contributed by atoms with E-state index >= 15 is 0 Å². The first-order chi connectivity index (χ1) is 6.02. The Morgan fingerprint density at radius 3 is 2.38 bits per heavy atom. The Kier molecular flexibility index (Phi) is 5.48. The Hall–Kier alpha value is -0.750. The zero-order chi connectivity index (χ0) is 10.4. The van der Waals surface area contributed by atoms with Crippen molar-refractivity contribution >= 4 is 24.5 Å². The van der Waals surface area contributed by atoms with Crippen LogP contribution in [0.2, 0.25) is 0 Å². The molecule has 0 spiro atoms. The second-order valence-corrected chi connectivity index (χ2v) is 3.03. The smallest absolute Gasteiger partial charge is 0.328 e. The molecule has 6 heteroatoms. The fraction of sp³-hybridized carbons (Fsp3) is 0.714. The SMILES string of the molecule is CC(CS)C(=O)NC(CO)C(=O)O. The van der Waals surface area contributed by atoms with Crippen LogP contribution < -0.4 is 5.32 Å². The maximum Gasteiger partial charge on any atom is 0.328 e. The molecular formula is C7H13NO4S. The number of nitrogens with one attached hydrogen (secondary N) is 1. The van der Waals surface area contributed by atoms with Crippen molar-refractivity contribution < 1.29 is 19.8 Å². The van der Waals surface area contributed by atoms with Gasteiger partial charge in [0.2, 0.25) is 5.91 Å². The van der Waals surface area contributed by atoms with Crippen LogP contribution in [0.1, 0.15) is 6.92 Å². The summed E-state index contributed by atoms with van der Waals surface area (Å²) in [6.45, 7) is 1.01. The monoisotopic (exact) mass is 207 g/mol. The van der Waals surface area contributed by atoms with E-state index in [4.69, 9.17) is 10.2 Å². The molecule has 0 saturated heterocycles. The Balaban J connectivity index is 4.09. The molecule has 13 heavy (non-hydrogen) atoms. The molecule has 3 N–H and O–H groups in total. The van der Waals surface area contributed by atoms with E-state index in [2.05, 4.69) is 17.9 Å². The molecule has 0 aromatic heterocycles. The average molecular weight is 207 g/mol. The lowest BCUT2D eigenvalue weighted by Gasteiger charge is -2.14. The number of aliphatic hydroxyl groups is 1. The van der Waals surface area contributed by atoms with Gasteiger partial charge in [0.25, 0.3) is 0 Å². The molecule has 0 bridgehead atoms. The standard InChI is InChI=1S/C7H13NO4S/c1-4(3-13)6(10)8-5(2-9)7(11)12/h4-5,9,13H,2-3H2,1H3,(H,8,10)(H,11,12). The van der Waals surface area contributed by atoms with E-state index in [-0.39, 0.29) is 5.92 Å². The van der Waals surface area contributed by atoms with Crippen LogP contribution in [0.4, 0.5) is 0 Å². The van der Waals surface area contributed by atoms with Crippen molar-refractivity contribution in [1.29, 1.82) is 0 Å². The highest BCUT2D eigenvalue weighted by Gasteiger charge is 2.21. The minimum absolute atomic E-state index is 0.337. The van der Waals surface area contributed by atoms with E-state index in [0.29, 0.717) is 5.75 Å². The van der Waals surface area contributed by atoms with Crippen LogP contribution in [-0.4, -0.2) is 40.5 Å². The predicted octanol–water partition coefficient (Wildman–Crippen LogP) is -0.886. The molecule has 0 aromatic carbocycles. The lowest BCUT2D eigenvalue weighted by Crippen LogP contribution is -2.45. The molecule has 0 heterocycles. The summed E-state index contributed by atoms with van der Waals surface area (Å²) in [7, 11) is 0. The molecule has 0 radical (unpaired) electrons. The number of carbonyl (C=O) groups is 2. The number of carbonyl (C=O) groups excluding carboxylic acids is 1. The number of hydrogen-bond acceptors (Lipinski definition) is 4. The van der Waals surface area contributed by atoms with Crippen LogP contribution in [0, 0.1) is 5.92 Å². The molecule has 0 aliphatic carbocycles. The minimum atomic E-state index is -1.25. The number of amides is 1. The van der Waals surface area contributed by atoms with Gasteiger partial charge >= 0.3 is 5.97 Å². The van der Waals surface area contributed by atoms with E-state index in [1.165, 1.54) is 0 Å². The summed E-state index contributed by atoms with van der Waals surface area (Å²) in [5, 5.41) is 19.2. The molecule has 0 aliphatic rings. The summed E-state index contributed by atoms with van der Waals surface area (Å²) in [5.41, 5.74) is 0. The second kappa shape index (κ2) is 5.82. The van der Waals surface area contributed by atoms with Gasteiger partial charge < -0.3 is 15.5 Å². The Labute approximate surface area is 81.5 Å². The molecule has 0 aliphatic heterocycles. The molecule has 2 atom stereocenters. The summed E-state index contributed by atoms with van der Waals surface area (Å²) in [6, 6.07) is -1.23. The fourth-order valence-corrected chi connectivity index (χ4v) is 0.748. The van der Waals surface area contributed by atoms with Crippen molar-refractivity contribution in [2.45, 2.75) is 13.0 Å². The van der Waals surface area contributed by atoms with Gasteiger partial charge in [-0.05, 0) is 0 Å². The molecule has 1 amide bonds. The maximum absolute atomic E-state index is 11.1. The van der Waals surface area contributed by atoms with Gasteiger partial charge in [0, 0.05) is 11.7 Å². The average Bonchev–Trinajstić information content (AvgIpc) is 2.11. The van der Waals surface area contributed by atoms with Gasteiger partial charge in [-0.1, -0.05) is 6.92 Å². The van der Waals surface area contributed by atoms with E-state index < -0.39 is 24.5 Å². The summed E-state index contributed by atoms with van der Waals surface area (Å²) in [6.07, 6.45) is 0. The highest BCUT2D eigenvalue weighted by molar-refractivity contribution is 7.80. The number of carboxylic acid groups (broad SMARTS) is 1. The third-order valence-corrected chi connectivity index (χ3v) is 2.07. The second-order valence-electron chi connectivity index (χ2n) is 2.67. The largest absolute Gasteiger partial charge is 0.480 e. The van der Waals surface area contributed by atoms with E-state index in [1.807, 2.05) is 0 Å². The number of aliphatic carboxylic acids is 1. The third-order valence-electron chi connectivity index (χ3n) is 1.52. The maximum atomic E-state index is 11.1. The molecule has 0 fully saturated rings. The van der Waals surface area contributed by atoms with Gasteiger partial charge in [0.15, 0.2) is 0 Å². The minimum Gasteiger partial charge on any atom is -0.480 e. The van der Waals surface area contributed by atoms with Gasteiger partial charge in [-0.25, -0.2) is 4.79 Å². The summed E-state index contributed by atoms with van der Waals surface area (Å²) < 4.78 is 0. The highest BCUT2D eigenvalue weighted by Crippen LogP contribution is 1.98. The van der Waals surface area contributed by atoms with Crippen LogP contribution in [0.3, 0.4) is 0 Å². The van der Waals surface area contributed by atoms with Crippen LogP contribution in [0.15, 0.2) is 0 Å². The molecular weight excluding hydrogens is 194 g/mol. The van der Waals surface area contributed by atoms with Gasteiger partial charge in [-0.2, -0.15) is 12.6 Å². The molecule has 0 aromatic rings. The number of thiol groups is 1. The Bertz CT molecular complexity index is 197. The Morgan fingerprint density at radius 2 is 2.08 bits per heavy atom. The first-order valence-electron chi connectivity index (χ1n) is 3.77. The van der Waals surface area contributed by atoms with Gasteiger partial charge in [0.1, 0.15) is 6.04 Å². The van der Waals surface area contributed by atoms with Gasteiger partial charge in [0.05, 0.1) is 6.61 Å².